The zero-order chi connectivity index (χ0) is 11.2. The summed E-state index contributed by atoms with van der Waals surface area (Å²) in [6.07, 6.45) is 5.59. The minimum Gasteiger partial charge on any atom is -0.329 e. The van der Waals surface area contributed by atoms with Crippen LogP contribution in [-0.4, -0.2) is 15.9 Å². The summed E-state index contributed by atoms with van der Waals surface area (Å²) in [6.45, 7) is 2.83. The molecule has 84 valence electrons. The van der Waals surface area contributed by atoms with E-state index in [1.807, 2.05) is 6.20 Å². The molecule has 0 saturated heterocycles. The average molecular weight is 215 g/mol. The van der Waals surface area contributed by atoms with Crippen LogP contribution in [0.2, 0.25) is 0 Å². The van der Waals surface area contributed by atoms with E-state index in [1.165, 1.54) is 30.5 Å². The van der Waals surface area contributed by atoms with Crippen molar-refractivity contribution >= 4 is 5.52 Å². The van der Waals surface area contributed by atoms with Gasteiger partial charge in [-0.25, -0.2) is 4.98 Å². The van der Waals surface area contributed by atoms with E-state index in [0.717, 1.165) is 5.82 Å². The van der Waals surface area contributed by atoms with Crippen molar-refractivity contribution in [1.82, 2.24) is 9.38 Å². The molecule has 2 aromatic rings. The molecule has 2 heterocycles. The Morgan fingerprint density at radius 2 is 2.25 bits per heavy atom. The molecule has 1 fully saturated rings. The summed E-state index contributed by atoms with van der Waals surface area (Å²) in [6, 6.07) is 6.31. The number of rotatable bonds is 2. The van der Waals surface area contributed by atoms with E-state index in [1.54, 1.807) is 0 Å². The van der Waals surface area contributed by atoms with Crippen LogP contribution in [0, 0.1) is 6.92 Å². The molecule has 3 nitrogen and oxygen atoms in total. The number of hydrogen-bond acceptors (Lipinski definition) is 2. The lowest BCUT2D eigenvalue weighted by Gasteiger charge is -2.39. The summed E-state index contributed by atoms with van der Waals surface area (Å²) in [7, 11) is 0. The third-order valence-corrected chi connectivity index (χ3v) is 3.92. The number of nitrogens with zero attached hydrogens (tertiary/aromatic N) is 2. The first-order chi connectivity index (χ1) is 7.77. The van der Waals surface area contributed by atoms with Crippen molar-refractivity contribution in [3.05, 3.63) is 35.9 Å². The molecule has 0 aliphatic heterocycles. The Balaban J connectivity index is 2.24. The van der Waals surface area contributed by atoms with Gasteiger partial charge in [0, 0.05) is 17.7 Å². The Hall–Kier alpha value is -1.35. The van der Waals surface area contributed by atoms with Crippen molar-refractivity contribution in [3.8, 4) is 0 Å². The van der Waals surface area contributed by atoms with Crippen molar-refractivity contribution in [2.75, 3.05) is 6.54 Å². The fraction of sp³-hybridized carbons (Fsp3) is 0.462. The fourth-order valence-electron chi connectivity index (χ4n) is 2.71. The average Bonchev–Trinajstić information content (AvgIpc) is 2.63. The van der Waals surface area contributed by atoms with Gasteiger partial charge in [0.15, 0.2) is 0 Å². The van der Waals surface area contributed by atoms with E-state index >= 15 is 0 Å². The molecular formula is C13H17N3. The summed E-state index contributed by atoms with van der Waals surface area (Å²) in [5.41, 5.74) is 8.50. The molecule has 0 aromatic carbocycles. The monoisotopic (exact) mass is 215 g/mol. The van der Waals surface area contributed by atoms with Gasteiger partial charge in [0.1, 0.15) is 5.82 Å². The number of aryl methyl sites for hydroxylation is 1. The van der Waals surface area contributed by atoms with Gasteiger partial charge in [0.05, 0.1) is 11.7 Å². The second-order valence-corrected chi connectivity index (χ2v) is 4.85. The topological polar surface area (TPSA) is 43.3 Å². The molecular weight excluding hydrogens is 198 g/mol. The highest BCUT2D eigenvalue weighted by Gasteiger charge is 2.40. The zero-order valence-electron chi connectivity index (χ0n) is 9.61. The summed E-state index contributed by atoms with van der Waals surface area (Å²) < 4.78 is 2.26. The lowest BCUT2D eigenvalue weighted by atomic mass is 9.68. The summed E-state index contributed by atoms with van der Waals surface area (Å²) in [4.78, 5) is 4.60. The third-order valence-electron chi connectivity index (χ3n) is 3.92. The Morgan fingerprint density at radius 3 is 2.88 bits per heavy atom. The predicted octanol–water partition coefficient (Wildman–Crippen LogP) is 2.02. The number of fused-ring (bicyclic) bond motifs is 1. The van der Waals surface area contributed by atoms with E-state index in [2.05, 4.69) is 34.5 Å². The van der Waals surface area contributed by atoms with Gasteiger partial charge in [-0.3, -0.25) is 0 Å². The standard InChI is InChI=1S/C13H17N3/c1-10-4-2-5-11-8-15-12(16(10)11)13(9-14)6-3-7-13/h2,4-5,8H,3,6-7,9,14H2,1H3. The minimum absolute atomic E-state index is 0.137. The summed E-state index contributed by atoms with van der Waals surface area (Å²) >= 11 is 0. The molecule has 0 bridgehead atoms. The molecule has 0 unspecified atom stereocenters. The maximum atomic E-state index is 5.95. The number of imidazole rings is 1. The Labute approximate surface area is 95.3 Å². The first-order valence-electron chi connectivity index (χ1n) is 5.90. The van der Waals surface area contributed by atoms with Crippen LogP contribution in [0.5, 0.6) is 0 Å². The Bertz CT molecular complexity index is 517. The molecule has 3 rings (SSSR count). The molecule has 2 N–H and O–H groups in total. The van der Waals surface area contributed by atoms with Crippen LogP contribution >= 0.6 is 0 Å². The van der Waals surface area contributed by atoms with Crippen LogP contribution < -0.4 is 5.73 Å². The first-order valence-corrected chi connectivity index (χ1v) is 5.90. The highest BCUT2D eigenvalue weighted by atomic mass is 15.0. The number of nitrogens with two attached hydrogens (primary N) is 1. The first kappa shape index (κ1) is 9.85. The molecule has 1 aliphatic rings. The molecule has 0 radical (unpaired) electrons. The second-order valence-electron chi connectivity index (χ2n) is 4.85. The summed E-state index contributed by atoms with van der Waals surface area (Å²) in [5, 5.41) is 0. The van der Waals surface area contributed by atoms with Gasteiger partial charge in [-0.1, -0.05) is 12.5 Å². The van der Waals surface area contributed by atoms with E-state index in [9.17, 15) is 0 Å². The van der Waals surface area contributed by atoms with Crippen molar-refractivity contribution in [2.24, 2.45) is 5.73 Å². The fourth-order valence-corrected chi connectivity index (χ4v) is 2.71. The van der Waals surface area contributed by atoms with E-state index in [-0.39, 0.29) is 5.41 Å². The summed E-state index contributed by atoms with van der Waals surface area (Å²) in [5.74, 6) is 1.16. The van der Waals surface area contributed by atoms with Gasteiger partial charge in [-0.2, -0.15) is 0 Å². The molecule has 1 saturated carbocycles. The zero-order valence-corrected chi connectivity index (χ0v) is 9.61. The maximum absolute atomic E-state index is 5.95. The minimum atomic E-state index is 0.137. The highest BCUT2D eigenvalue weighted by Crippen LogP contribution is 2.42. The van der Waals surface area contributed by atoms with Crippen LogP contribution in [0.4, 0.5) is 0 Å². The molecule has 2 aromatic heterocycles. The number of pyridine rings is 1. The van der Waals surface area contributed by atoms with E-state index in [0.29, 0.717) is 6.54 Å². The smallest absolute Gasteiger partial charge is 0.120 e. The van der Waals surface area contributed by atoms with Gasteiger partial charge in [-0.15, -0.1) is 0 Å². The Morgan fingerprint density at radius 1 is 1.44 bits per heavy atom. The third kappa shape index (κ3) is 1.15. The van der Waals surface area contributed by atoms with Gasteiger partial charge < -0.3 is 10.1 Å². The van der Waals surface area contributed by atoms with Crippen molar-refractivity contribution in [2.45, 2.75) is 31.6 Å². The van der Waals surface area contributed by atoms with Crippen LogP contribution in [0.25, 0.3) is 5.52 Å². The number of aromatic nitrogens is 2. The van der Waals surface area contributed by atoms with Crippen LogP contribution in [-0.2, 0) is 5.41 Å². The SMILES string of the molecule is Cc1cccc2cnc(C3(CN)CCC3)n12. The largest absolute Gasteiger partial charge is 0.329 e. The van der Waals surface area contributed by atoms with Gasteiger partial charge in [0.25, 0.3) is 0 Å². The highest BCUT2D eigenvalue weighted by molar-refractivity contribution is 5.48. The van der Waals surface area contributed by atoms with Crippen LogP contribution in [0.3, 0.4) is 0 Å². The molecule has 0 spiro atoms. The van der Waals surface area contributed by atoms with Gasteiger partial charge >= 0.3 is 0 Å². The van der Waals surface area contributed by atoms with Gasteiger partial charge in [-0.05, 0) is 31.9 Å². The van der Waals surface area contributed by atoms with Crippen molar-refractivity contribution in [3.63, 3.8) is 0 Å². The second kappa shape index (κ2) is 3.32. The normalized spacial score (nSPS) is 18.6. The Kier molecular flexibility index (Phi) is 2.04. The van der Waals surface area contributed by atoms with Crippen molar-refractivity contribution in [1.29, 1.82) is 0 Å². The quantitative estimate of drug-likeness (QED) is 0.833. The van der Waals surface area contributed by atoms with Crippen LogP contribution in [0.1, 0.15) is 30.8 Å². The van der Waals surface area contributed by atoms with E-state index < -0.39 is 0 Å². The molecule has 1 aliphatic carbocycles. The van der Waals surface area contributed by atoms with Gasteiger partial charge in [0.2, 0.25) is 0 Å². The molecule has 16 heavy (non-hydrogen) atoms. The maximum Gasteiger partial charge on any atom is 0.120 e. The molecule has 0 amide bonds. The molecule has 3 heteroatoms. The lowest BCUT2D eigenvalue weighted by molar-refractivity contribution is 0.237. The predicted molar refractivity (Wildman–Crippen MR) is 64.5 cm³/mol. The van der Waals surface area contributed by atoms with Crippen molar-refractivity contribution < 1.29 is 0 Å². The number of hydrogen-bond donors (Lipinski definition) is 1. The molecule has 0 atom stereocenters. The lowest BCUT2D eigenvalue weighted by Crippen LogP contribution is -2.43. The van der Waals surface area contributed by atoms with Crippen LogP contribution in [0.15, 0.2) is 24.4 Å². The van der Waals surface area contributed by atoms with E-state index in [4.69, 9.17) is 5.73 Å².